The first-order valence-corrected chi connectivity index (χ1v) is 5.42. The Balaban J connectivity index is 2.05. The van der Waals surface area contributed by atoms with Crippen molar-refractivity contribution in [1.82, 2.24) is 0 Å². The summed E-state index contributed by atoms with van der Waals surface area (Å²) in [6, 6.07) is 6.58. The Morgan fingerprint density at radius 1 is 1.44 bits per heavy atom. The van der Waals surface area contributed by atoms with Crippen molar-refractivity contribution in [2.24, 2.45) is 0 Å². The largest absolute Gasteiger partial charge is 0.497 e. The van der Waals surface area contributed by atoms with Gasteiger partial charge in [0, 0.05) is 6.42 Å². The van der Waals surface area contributed by atoms with E-state index in [0.717, 1.165) is 6.26 Å². The van der Waals surface area contributed by atoms with Crippen molar-refractivity contribution in [2.75, 3.05) is 13.7 Å². The summed E-state index contributed by atoms with van der Waals surface area (Å²) in [5, 5.41) is 0. The van der Waals surface area contributed by atoms with Gasteiger partial charge < -0.3 is 14.2 Å². The number of carbonyl (C=O) groups is 2. The first kappa shape index (κ1) is 12.2. The fourth-order valence-corrected chi connectivity index (χ4v) is 1.50. The molecular weight excluding hydrogens is 236 g/mol. The van der Waals surface area contributed by atoms with Crippen LogP contribution in [0.4, 0.5) is 0 Å². The first-order valence-electron chi connectivity index (χ1n) is 5.42. The Bertz CT molecular complexity index is 504. The minimum Gasteiger partial charge on any atom is -0.497 e. The van der Waals surface area contributed by atoms with Crippen LogP contribution < -0.4 is 4.74 Å². The van der Waals surface area contributed by atoms with Gasteiger partial charge in [0.15, 0.2) is 0 Å². The summed E-state index contributed by atoms with van der Waals surface area (Å²) < 4.78 is 14.6. The van der Waals surface area contributed by atoms with Crippen molar-refractivity contribution in [3.63, 3.8) is 0 Å². The second-order valence-corrected chi connectivity index (χ2v) is 3.67. The minimum absolute atomic E-state index is 0.335. The third-order valence-corrected chi connectivity index (χ3v) is 2.48. The van der Waals surface area contributed by atoms with E-state index >= 15 is 0 Å². The summed E-state index contributed by atoms with van der Waals surface area (Å²) in [6.45, 7) is 0.335. The topological polar surface area (TPSA) is 61.8 Å². The smallest absolute Gasteiger partial charge is 0.343 e. The molecule has 0 amide bonds. The molecule has 1 saturated heterocycles. The van der Waals surface area contributed by atoms with Gasteiger partial charge in [-0.05, 0) is 18.2 Å². The average molecular weight is 248 g/mol. The van der Waals surface area contributed by atoms with Crippen LogP contribution in [0.3, 0.4) is 0 Å². The molecule has 0 aliphatic carbocycles. The Hall–Kier alpha value is -2.30. The van der Waals surface area contributed by atoms with Crippen LogP contribution in [0.25, 0.3) is 0 Å². The van der Waals surface area contributed by atoms with E-state index in [1.54, 1.807) is 24.3 Å². The van der Waals surface area contributed by atoms with Crippen molar-refractivity contribution in [3.8, 4) is 5.75 Å². The SMILES string of the molecule is COc1cccc(C(=O)O/C=C2/CCOC2=O)c1. The number of benzene rings is 1. The molecule has 1 aromatic rings. The van der Waals surface area contributed by atoms with E-state index in [1.807, 2.05) is 0 Å². The van der Waals surface area contributed by atoms with Gasteiger partial charge in [0.2, 0.25) is 0 Å². The summed E-state index contributed by atoms with van der Waals surface area (Å²) in [4.78, 5) is 22.8. The number of hydrogen-bond donors (Lipinski definition) is 0. The summed E-state index contributed by atoms with van der Waals surface area (Å²) in [7, 11) is 1.51. The van der Waals surface area contributed by atoms with Crippen LogP contribution in [0.2, 0.25) is 0 Å². The van der Waals surface area contributed by atoms with Gasteiger partial charge in [-0.3, -0.25) is 0 Å². The van der Waals surface area contributed by atoms with E-state index in [9.17, 15) is 9.59 Å². The fourth-order valence-electron chi connectivity index (χ4n) is 1.50. The van der Waals surface area contributed by atoms with Gasteiger partial charge in [-0.15, -0.1) is 0 Å². The third-order valence-electron chi connectivity index (χ3n) is 2.48. The van der Waals surface area contributed by atoms with Crippen LogP contribution in [-0.2, 0) is 14.3 Å². The zero-order chi connectivity index (χ0) is 13.0. The molecule has 2 rings (SSSR count). The maximum Gasteiger partial charge on any atom is 0.343 e. The van der Waals surface area contributed by atoms with Gasteiger partial charge in [-0.1, -0.05) is 6.07 Å². The number of carbonyl (C=O) groups excluding carboxylic acids is 2. The number of hydrogen-bond acceptors (Lipinski definition) is 5. The second-order valence-electron chi connectivity index (χ2n) is 3.67. The predicted molar refractivity (Wildman–Crippen MR) is 62.1 cm³/mol. The van der Waals surface area contributed by atoms with Crippen molar-refractivity contribution in [3.05, 3.63) is 41.7 Å². The van der Waals surface area contributed by atoms with Crippen LogP contribution in [0.5, 0.6) is 5.75 Å². The summed E-state index contributed by atoms with van der Waals surface area (Å²) in [5.41, 5.74) is 0.726. The fraction of sp³-hybridized carbons (Fsp3) is 0.231. The average Bonchev–Trinajstić information content (AvgIpc) is 2.81. The number of rotatable bonds is 3. The molecular formula is C13H12O5. The van der Waals surface area contributed by atoms with Gasteiger partial charge >= 0.3 is 11.9 Å². The minimum atomic E-state index is -0.541. The summed E-state index contributed by atoms with van der Waals surface area (Å²) in [6.07, 6.45) is 1.61. The lowest BCUT2D eigenvalue weighted by molar-refractivity contribution is -0.135. The zero-order valence-corrected chi connectivity index (χ0v) is 9.84. The Kier molecular flexibility index (Phi) is 3.62. The monoisotopic (exact) mass is 248 g/mol. The number of methoxy groups -OCH3 is 1. The highest BCUT2D eigenvalue weighted by atomic mass is 16.5. The van der Waals surface area contributed by atoms with E-state index in [0.29, 0.717) is 29.9 Å². The van der Waals surface area contributed by atoms with Gasteiger partial charge in [0.05, 0.1) is 24.9 Å². The van der Waals surface area contributed by atoms with Gasteiger partial charge in [-0.2, -0.15) is 0 Å². The molecule has 1 aliphatic rings. The van der Waals surface area contributed by atoms with Crippen molar-refractivity contribution in [2.45, 2.75) is 6.42 Å². The van der Waals surface area contributed by atoms with E-state index < -0.39 is 11.9 Å². The maximum atomic E-state index is 11.7. The van der Waals surface area contributed by atoms with E-state index in [-0.39, 0.29) is 0 Å². The molecule has 5 nitrogen and oxygen atoms in total. The number of ether oxygens (including phenoxy) is 3. The zero-order valence-electron chi connectivity index (χ0n) is 9.84. The molecule has 0 spiro atoms. The molecule has 0 aromatic heterocycles. The molecule has 1 aromatic carbocycles. The van der Waals surface area contributed by atoms with Crippen LogP contribution in [0, 0.1) is 0 Å². The molecule has 0 atom stereocenters. The molecule has 0 radical (unpaired) electrons. The molecule has 1 heterocycles. The summed E-state index contributed by atoms with van der Waals surface area (Å²) >= 11 is 0. The predicted octanol–water partition coefficient (Wildman–Crippen LogP) is 1.68. The normalized spacial score (nSPS) is 16.5. The number of esters is 2. The molecule has 18 heavy (non-hydrogen) atoms. The molecule has 1 aliphatic heterocycles. The highest BCUT2D eigenvalue weighted by Gasteiger charge is 2.19. The van der Waals surface area contributed by atoms with Crippen molar-refractivity contribution in [1.29, 1.82) is 0 Å². The molecule has 0 N–H and O–H groups in total. The van der Waals surface area contributed by atoms with E-state index in [4.69, 9.17) is 14.2 Å². The molecule has 1 fully saturated rings. The van der Waals surface area contributed by atoms with Crippen LogP contribution in [-0.4, -0.2) is 25.7 Å². The molecule has 0 unspecified atom stereocenters. The van der Waals surface area contributed by atoms with Gasteiger partial charge in [0.25, 0.3) is 0 Å². The van der Waals surface area contributed by atoms with Crippen LogP contribution in [0.15, 0.2) is 36.1 Å². The lowest BCUT2D eigenvalue weighted by Gasteiger charge is -2.02. The van der Waals surface area contributed by atoms with E-state index in [2.05, 4.69) is 0 Å². The highest BCUT2D eigenvalue weighted by Crippen LogP contribution is 2.16. The Morgan fingerprint density at radius 2 is 2.28 bits per heavy atom. The molecule has 94 valence electrons. The van der Waals surface area contributed by atoms with Crippen molar-refractivity contribution >= 4 is 11.9 Å². The molecule has 0 bridgehead atoms. The van der Waals surface area contributed by atoms with Crippen molar-refractivity contribution < 1.29 is 23.8 Å². The standard InChI is InChI=1S/C13H12O5/c1-16-11-4-2-3-9(7-11)12(14)18-8-10-5-6-17-13(10)15/h2-4,7-8H,5-6H2,1H3/b10-8-. The lowest BCUT2D eigenvalue weighted by Crippen LogP contribution is -2.03. The Morgan fingerprint density at radius 3 is 2.94 bits per heavy atom. The molecule has 0 saturated carbocycles. The Labute approximate surface area is 104 Å². The third kappa shape index (κ3) is 2.68. The van der Waals surface area contributed by atoms with Gasteiger partial charge in [-0.25, -0.2) is 9.59 Å². The second kappa shape index (κ2) is 5.35. The lowest BCUT2D eigenvalue weighted by atomic mass is 10.2. The highest BCUT2D eigenvalue weighted by molar-refractivity contribution is 5.92. The first-order chi connectivity index (χ1) is 8.70. The van der Waals surface area contributed by atoms with Crippen LogP contribution in [0.1, 0.15) is 16.8 Å². The molecule has 5 heteroatoms. The summed E-state index contributed by atoms with van der Waals surface area (Å²) in [5.74, 6) is -0.410. The van der Waals surface area contributed by atoms with Gasteiger partial charge in [0.1, 0.15) is 12.0 Å². The van der Waals surface area contributed by atoms with E-state index in [1.165, 1.54) is 7.11 Å². The quantitative estimate of drug-likeness (QED) is 0.462. The maximum absolute atomic E-state index is 11.7. The van der Waals surface area contributed by atoms with Crippen LogP contribution >= 0.6 is 0 Å². The number of cyclic esters (lactones) is 1.